The van der Waals surface area contributed by atoms with E-state index in [1.165, 1.54) is 17.3 Å². The van der Waals surface area contributed by atoms with Crippen molar-refractivity contribution in [1.82, 2.24) is 4.98 Å². The van der Waals surface area contributed by atoms with Crippen LogP contribution in [-0.4, -0.2) is 10.7 Å². The molecule has 0 bridgehead atoms. The highest BCUT2D eigenvalue weighted by Crippen LogP contribution is 2.39. The summed E-state index contributed by atoms with van der Waals surface area (Å²) in [6.45, 7) is 0. The molecule has 0 saturated heterocycles. The Labute approximate surface area is 132 Å². The largest absolute Gasteiger partial charge is 0.245 e. The molecule has 0 aromatic carbocycles. The van der Waals surface area contributed by atoms with Crippen LogP contribution < -0.4 is 0 Å². The minimum Gasteiger partial charge on any atom is -0.245 e. The first-order valence-corrected chi connectivity index (χ1v) is 8.71. The molecule has 0 spiro atoms. The molecular formula is C16H13N3S2. The third-order valence-electron chi connectivity index (χ3n) is 3.59. The quantitative estimate of drug-likeness (QED) is 0.798. The van der Waals surface area contributed by atoms with Crippen LogP contribution in [0.2, 0.25) is 0 Å². The van der Waals surface area contributed by atoms with Gasteiger partial charge in [0, 0.05) is 16.1 Å². The summed E-state index contributed by atoms with van der Waals surface area (Å²) in [5.41, 5.74) is 4.04. The number of fused-ring (bicyclic) bond motifs is 1. The van der Waals surface area contributed by atoms with Crippen molar-refractivity contribution < 1.29 is 0 Å². The third kappa shape index (κ3) is 2.68. The van der Waals surface area contributed by atoms with Crippen molar-refractivity contribution in [2.45, 2.75) is 30.7 Å². The van der Waals surface area contributed by atoms with Gasteiger partial charge >= 0.3 is 0 Å². The Hall–Kier alpha value is -1.82. The molecule has 104 valence electrons. The van der Waals surface area contributed by atoms with Crippen molar-refractivity contribution in [3.05, 3.63) is 34.3 Å². The number of hydrogen-bond acceptors (Lipinski definition) is 5. The Kier molecular flexibility index (Phi) is 4.24. The van der Waals surface area contributed by atoms with Crippen LogP contribution in [0, 0.1) is 22.7 Å². The van der Waals surface area contributed by atoms with Gasteiger partial charge in [0.1, 0.15) is 11.1 Å². The first-order chi connectivity index (χ1) is 10.3. The summed E-state index contributed by atoms with van der Waals surface area (Å²) in [5.74, 6) is 0.324. The van der Waals surface area contributed by atoms with Gasteiger partial charge in [-0.2, -0.15) is 10.5 Å². The van der Waals surface area contributed by atoms with Crippen molar-refractivity contribution >= 4 is 23.1 Å². The second-order valence-electron chi connectivity index (χ2n) is 4.84. The average Bonchev–Trinajstić information content (AvgIpc) is 3.05. The van der Waals surface area contributed by atoms with Gasteiger partial charge in [-0.05, 0) is 42.7 Å². The van der Waals surface area contributed by atoms with E-state index in [1.54, 1.807) is 11.3 Å². The van der Waals surface area contributed by atoms with Gasteiger partial charge in [-0.1, -0.05) is 17.8 Å². The van der Waals surface area contributed by atoms with Crippen molar-refractivity contribution in [1.29, 1.82) is 10.5 Å². The van der Waals surface area contributed by atoms with Crippen molar-refractivity contribution in [3.63, 3.8) is 0 Å². The Morgan fingerprint density at radius 2 is 2.14 bits per heavy atom. The highest BCUT2D eigenvalue weighted by molar-refractivity contribution is 7.99. The number of nitrogens with zero attached hydrogens (tertiary/aromatic N) is 3. The first kappa shape index (κ1) is 14.1. The summed E-state index contributed by atoms with van der Waals surface area (Å²) < 4.78 is 0. The van der Waals surface area contributed by atoms with Crippen LogP contribution in [0.5, 0.6) is 0 Å². The summed E-state index contributed by atoms with van der Waals surface area (Å²) in [7, 11) is 0. The minimum atomic E-state index is 0.324. The second-order valence-corrected chi connectivity index (χ2v) is 6.75. The van der Waals surface area contributed by atoms with Gasteiger partial charge in [-0.25, -0.2) is 4.98 Å². The number of aromatic nitrogens is 1. The fourth-order valence-corrected chi connectivity index (χ4v) is 4.19. The monoisotopic (exact) mass is 311 g/mol. The van der Waals surface area contributed by atoms with Gasteiger partial charge < -0.3 is 0 Å². The highest BCUT2D eigenvalue weighted by atomic mass is 32.2. The molecule has 3 rings (SSSR count). The van der Waals surface area contributed by atoms with E-state index < -0.39 is 0 Å². The van der Waals surface area contributed by atoms with Crippen LogP contribution in [0.1, 0.15) is 29.7 Å². The lowest BCUT2D eigenvalue weighted by Gasteiger charge is -2.20. The number of thioether (sulfide) groups is 1. The van der Waals surface area contributed by atoms with Crippen LogP contribution in [-0.2, 0) is 12.8 Å². The molecular weight excluding hydrogens is 298 g/mol. The molecule has 2 aromatic rings. The van der Waals surface area contributed by atoms with Gasteiger partial charge in [0.2, 0.25) is 0 Å². The number of hydrogen-bond donors (Lipinski definition) is 0. The van der Waals surface area contributed by atoms with E-state index in [2.05, 4.69) is 23.2 Å². The maximum Gasteiger partial charge on any atom is 0.116 e. The summed E-state index contributed by atoms with van der Waals surface area (Å²) in [6.07, 6.45) is 4.27. The molecule has 0 radical (unpaired) electrons. The zero-order valence-corrected chi connectivity index (χ0v) is 13.1. The van der Waals surface area contributed by atoms with Crippen LogP contribution in [0.25, 0.3) is 10.4 Å². The average molecular weight is 311 g/mol. The standard InChI is InChI=1S/C16H13N3S2/c17-7-9-21-16-12(10-18)15(14-6-3-8-20-14)11-4-1-2-5-13(11)19-16/h3,6,8H,1-2,4-5,9H2. The van der Waals surface area contributed by atoms with E-state index in [4.69, 9.17) is 5.26 Å². The van der Waals surface area contributed by atoms with Gasteiger partial charge in [-0.15, -0.1) is 11.3 Å². The smallest absolute Gasteiger partial charge is 0.116 e. The molecule has 2 heterocycles. The Morgan fingerprint density at radius 1 is 1.29 bits per heavy atom. The Balaban J connectivity index is 2.23. The fraction of sp³-hybridized carbons (Fsp3) is 0.312. The minimum absolute atomic E-state index is 0.324. The highest BCUT2D eigenvalue weighted by Gasteiger charge is 2.23. The zero-order chi connectivity index (χ0) is 14.7. The van der Waals surface area contributed by atoms with Crippen LogP contribution in [0.15, 0.2) is 22.5 Å². The fourth-order valence-electron chi connectivity index (χ4n) is 2.72. The summed E-state index contributed by atoms with van der Waals surface area (Å²) in [5, 5.41) is 21.2. The lowest BCUT2D eigenvalue weighted by atomic mass is 9.89. The Morgan fingerprint density at radius 3 is 2.86 bits per heavy atom. The van der Waals surface area contributed by atoms with Gasteiger partial charge in [0.25, 0.3) is 0 Å². The molecule has 0 atom stereocenters. The molecule has 0 amide bonds. The maximum absolute atomic E-state index is 9.62. The third-order valence-corrected chi connectivity index (χ3v) is 5.32. The molecule has 0 unspecified atom stereocenters. The molecule has 5 heteroatoms. The topological polar surface area (TPSA) is 60.5 Å². The van der Waals surface area contributed by atoms with Crippen LogP contribution >= 0.6 is 23.1 Å². The number of rotatable bonds is 3. The van der Waals surface area contributed by atoms with Gasteiger partial charge in [-0.3, -0.25) is 0 Å². The van der Waals surface area contributed by atoms with Crippen molar-refractivity contribution in [2.75, 3.05) is 5.75 Å². The number of aryl methyl sites for hydroxylation is 1. The normalized spacial score (nSPS) is 13.2. The first-order valence-electron chi connectivity index (χ1n) is 6.84. The SMILES string of the molecule is N#CCSc1nc2c(c(-c3cccs3)c1C#N)CCCC2. The molecule has 21 heavy (non-hydrogen) atoms. The molecule has 1 aliphatic carbocycles. The lowest BCUT2D eigenvalue weighted by molar-refractivity contribution is 0.661. The number of nitriles is 2. The number of thiophene rings is 1. The van der Waals surface area contributed by atoms with Crippen LogP contribution in [0.4, 0.5) is 0 Å². The van der Waals surface area contributed by atoms with Gasteiger partial charge in [0.05, 0.1) is 17.4 Å². The van der Waals surface area contributed by atoms with E-state index in [1.807, 2.05) is 11.4 Å². The van der Waals surface area contributed by atoms with Crippen LogP contribution in [0.3, 0.4) is 0 Å². The summed E-state index contributed by atoms with van der Waals surface area (Å²) in [4.78, 5) is 5.82. The Bertz CT molecular complexity index is 736. The predicted octanol–water partition coefficient (Wildman–Crippen LogP) is 4.18. The molecule has 1 aliphatic rings. The lowest BCUT2D eigenvalue weighted by Crippen LogP contribution is -2.10. The van der Waals surface area contributed by atoms with E-state index >= 15 is 0 Å². The molecule has 0 aliphatic heterocycles. The van der Waals surface area contributed by atoms with Crippen molar-refractivity contribution in [3.8, 4) is 22.6 Å². The summed E-state index contributed by atoms with van der Waals surface area (Å²) in [6, 6.07) is 8.52. The molecule has 2 aromatic heterocycles. The maximum atomic E-state index is 9.62. The molecule has 0 N–H and O–H groups in total. The molecule has 3 nitrogen and oxygen atoms in total. The second kappa shape index (κ2) is 6.30. The zero-order valence-electron chi connectivity index (χ0n) is 11.4. The molecule has 0 fully saturated rings. The van der Waals surface area contributed by atoms with Crippen molar-refractivity contribution in [2.24, 2.45) is 0 Å². The molecule has 0 saturated carbocycles. The number of pyridine rings is 1. The van der Waals surface area contributed by atoms with E-state index in [0.29, 0.717) is 16.3 Å². The van der Waals surface area contributed by atoms with Gasteiger partial charge in [0.15, 0.2) is 0 Å². The predicted molar refractivity (Wildman–Crippen MR) is 85.2 cm³/mol. The van der Waals surface area contributed by atoms with E-state index in [9.17, 15) is 5.26 Å². The van der Waals surface area contributed by atoms with E-state index in [0.717, 1.165) is 41.8 Å². The summed E-state index contributed by atoms with van der Waals surface area (Å²) >= 11 is 3.02. The van der Waals surface area contributed by atoms with E-state index in [-0.39, 0.29) is 0 Å².